The fourth-order valence-corrected chi connectivity index (χ4v) is 0. The highest BCUT2D eigenvalue weighted by Crippen LogP contribution is 2.11. The minimum absolute atomic E-state index is 0.176. The lowest BCUT2D eigenvalue weighted by molar-refractivity contribution is -0.132. The number of carboxylic acid groups (broad SMARTS) is 1. The van der Waals surface area contributed by atoms with E-state index in [9.17, 15) is 13.2 Å². The molecule has 84 valence electrons. The van der Waals surface area contributed by atoms with Gasteiger partial charge in [0.05, 0.1) is 4.75 Å². The quantitative estimate of drug-likeness (QED) is 0.517. The first-order valence-corrected chi connectivity index (χ1v) is 5.19. The molecule has 6 heteroatoms. The van der Waals surface area contributed by atoms with Crippen LogP contribution in [-0.4, -0.2) is 28.8 Å². The van der Waals surface area contributed by atoms with Crippen LogP contribution in [0.25, 0.3) is 0 Å². The van der Waals surface area contributed by atoms with E-state index < -0.39 is 20.8 Å². The van der Waals surface area contributed by atoms with E-state index in [-0.39, 0.29) is 5.57 Å². The van der Waals surface area contributed by atoms with Crippen LogP contribution in [0.1, 0.15) is 27.7 Å². The average Bonchev–Trinajstić information content (AvgIpc) is 1.83. The summed E-state index contributed by atoms with van der Waals surface area (Å²) in [5, 5.41) is 7.89. The summed E-state index contributed by atoms with van der Waals surface area (Å²) in [6.45, 7) is 8.90. The molecule has 0 bridgehead atoms. The van der Waals surface area contributed by atoms with Gasteiger partial charge in [0.25, 0.3) is 10.1 Å². The number of carbonyl (C=O) groups is 1. The Labute approximate surface area is 84.2 Å². The van der Waals surface area contributed by atoms with Crippen LogP contribution < -0.4 is 0 Å². The van der Waals surface area contributed by atoms with E-state index in [0.717, 1.165) is 0 Å². The van der Waals surface area contributed by atoms with Gasteiger partial charge in [-0.25, -0.2) is 4.79 Å². The molecule has 0 atom stereocenters. The maximum absolute atomic E-state index is 10.2. The van der Waals surface area contributed by atoms with Crippen molar-refractivity contribution in [2.45, 2.75) is 32.4 Å². The lowest BCUT2D eigenvalue weighted by Gasteiger charge is -2.12. The molecule has 0 fully saturated rings. The Kier molecular flexibility index (Phi) is 5.69. The van der Waals surface area contributed by atoms with Crippen LogP contribution in [0, 0.1) is 0 Å². The zero-order valence-corrected chi connectivity index (χ0v) is 9.55. The van der Waals surface area contributed by atoms with Crippen molar-refractivity contribution >= 4 is 16.1 Å². The molecule has 5 nitrogen and oxygen atoms in total. The molecule has 2 N–H and O–H groups in total. The van der Waals surface area contributed by atoms with Crippen molar-refractivity contribution in [3.05, 3.63) is 12.2 Å². The normalized spacial score (nSPS) is 11.2. The lowest BCUT2D eigenvalue weighted by atomic mass is 10.3. The summed E-state index contributed by atoms with van der Waals surface area (Å²) < 4.78 is 27.7. The molecule has 0 rings (SSSR count). The zero-order chi connectivity index (χ0) is 12.2. The number of carboxylic acids is 1. The van der Waals surface area contributed by atoms with Gasteiger partial charge in [0.2, 0.25) is 0 Å². The van der Waals surface area contributed by atoms with E-state index in [2.05, 4.69) is 6.58 Å². The Bertz CT molecular complexity index is 295. The van der Waals surface area contributed by atoms with Gasteiger partial charge in [0.15, 0.2) is 0 Å². The molecule has 0 radical (unpaired) electrons. The largest absolute Gasteiger partial charge is 0.478 e. The van der Waals surface area contributed by atoms with Crippen LogP contribution in [0.15, 0.2) is 12.2 Å². The molecule has 0 saturated carbocycles. The smallest absolute Gasteiger partial charge is 0.330 e. The first kappa shape index (κ1) is 15.6. The SMILES string of the molecule is C=C(C)C(=O)O.CC(C)(C)S(=O)(=O)O. The fourth-order valence-electron chi connectivity index (χ4n) is 0. The molecule has 0 aliphatic carbocycles. The Morgan fingerprint density at radius 2 is 1.43 bits per heavy atom. The minimum atomic E-state index is -3.84. The van der Waals surface area contributed by atoms with Gasteiger partial charge in [0.1, 0.15) is 0 Å². The molecule has 0 amide bonds. The zero-order valence-electron chi connectivity index (χ0n) is 8.73. The monoisotopic (exact) mass is 224 g/mol. The summed E-state index contributed by atoms with van der Waals surface area (Å²) in [5.74, 6) is -0.935. The molecule has 0 unspecified atom stereocenters. The van der Waals surface area contributed by atoms with Crippen LogP contribution in [0.3, 0.4) is 0 Å². The Hall–Kier alpha value is -0.880. The highest BCUT2D eigenvalue weighted by Gasteiger charge is 2.25. The Morgan fingerprint density at radius 1 is 1.29 bits per heavy atom. The van der Waals surface area contributed by atoms with Gasteiger partial charge in [-0.3, -0.25) is 4.55 Å². The number of hydrogen-bond donors (Lipinski definition) is 2. The lowest BCUT2D eigenvalue weighted by Crippen LogP contribution is -2.26. The van der Waals surface area contributed by atoms with E-state index in [4.69, 9.17) is 9.66 Å². The van der Waals surface area contributed by atoms with Crippen LogP contribution in [0.5, 0.6) is 0 Å². The van der Waals surface area contributed by atoms with Crippen molar-refractivity contribution in [1.82, 2.24) is 0 Å². The Balaban J connectivity index is 0. The molecule has 0 heterocycles. The third kappa shape index (κ3) is 7.75. The third-order valence-electron chi connectivity index (χ3n) is 1.14. The van der Waals surface area contributed by atoms with Crippen LogP contribution >= 0.6 is 0 Å². The van der Waals surface area contributed by atoms with E-state index in [1.165, 1.54) is 27.7 Å². The molecule has 0 aliphatic rings. The molecule has 0 spiro atoms. The summed E-state index contributed by atoms with van der Waals surface area (Å²) in [6.07, 6.45) is 0. The topological polar surface area (TPSA) is 91.7 Å². The van der Waals surface area contributed by atoms with Crippen molar-refractivity contribution in [2.24, 2.45) is 0 Å². The van der Waals surface area contributed by atoms with E-state index >= 15 is 0 Å². The number of hydrogen-bond acceptors (Lipinski definition) is 3. The summed E-state index contributed by atoms with van der Waals surface area (Å²) in [7, 11) is -3.84. The molecule has 14 heavy (non-hydrogen) atoms. The van der Waals surface area contributed by atoms with Crippen LogP contribution in [0.2, 0.25) is 0 Å². The Morgan fingerprint density at radius 3 is 1.43 bits per heavy atom. The van der Waals surface area contributed by atoms with Crippen molar-refractivity contribution < 1.29 is 22.9 Å². The van der Waals surface area contributed by atoms with E-state index in [1.54, 1.807) is 0 Å². The van der Waals surface area contributed by atoms with Gasteiger partial charge in [-0.15, -0.1) is 0 Å². The van der Waals surface area contributed by atoms with Gasteiger partial charge in [-0.1, -0.05) is 6.58 Å². The molecule has 0 aromatic heterocycles. The molecule has 0 aromatic carbocycles. The summed E-state index contributed by atoms with van der Waals surface area (Å²) in [6, 6.07) is 0. The first-order chi connectivity index (χ1) is 5.89. The second-order valence-electron chi connectivity index (χ2n) is 3.67. The molecular formula is C8H16O5S. The average molecular weight is 224 g/mol. The molecule has 0 aliphatic heterocycles. The van der Waals surface area contributed by atoms with Crippen molar-refractivity contribution in [3.8, 4) is 0 Å². The van der Waals surface area contributed by atoms with Gasteiger partial charge in [-0.2, -0.15) is 8.42 Å². The highest BCUT2D eigenvalue weighted by atomic mass is 32.2. The van der Waals surface area contributed by atoms with E-state index in [0.29, 0.717) is 0 Å². The number of rotatable bonds is 1. The predicted molar refractivity (Wildman–Crippen MR) is 53.8 cm³/mol. The maximum Gasteiger partial charge on any atom is 0.330 e. The standard InChI is InChI=1S/C4H10O3S.C4H6O2/c1-4(2,3)8(5,6)7;1-3(2)4(5)6/h1-3H3,(H,5,6,7);1H2,2H3,(H,5,6). The van der Waals surface area contributed by atoms with Gasteiger partial charge >= 0.3 is 5.97 Å². The maximum atomic E-state index is 10.2. The van der Waals surface area contributed by atoms with Gasteiger partial charge < -0.3 is 5.11 Å². The number of aliphatic carboxylic acids is 1. The second-order valence-corrected chi connectivity index (χ2v) is 5.85. The minimum Gasteiger partial charge on any atom is -0.478 e. The summed E-state index contributed by atoms with van der Waals surface area (Å²) in [4.78, 5) is 9.60. The fraction of sp³-hybridized carbons (Fsp3) is 0.625. The van der Waals surface area contributed by atoms with E-state index in [1.807, 2.05) is 0 Å². The second kappa shape index (κ2) is 5.11. The van der Waals surface area contributed by atoms with Crippen LogP contribution in [-0.2, 0) is 14.9 Å². The predicted octanol–water partition coefficient (Wildman–Crippen LogP) is 1.32. The summed E-state index contributed by atoms with van der Waals surface area (Å²) >= 11 is 0. The molecular weight excluding hydrogens is 208 g/mol. The van der Waals surface area contributed by atoms with Crippen molar-refractivity contribution in [2.75, 3.05) is 0 Å². The highest BCUT2D eigenvalue weighted by molar-refractivity contribution is 7.87. The van der Waals surface area contributed by atoms with Crippen molar-refractivity contribution in [1.29, 1.82) is 0 Å². The van der Waals surface area contributed by atoms with Crippen LogP contribution in [0.4, 0.5) is 0 Å². The summed E-state index contributed by atoms with van der Waals surface area (Å²) in [5.41, 5.74) is 0.176. The first-order valence-electron chi connectivity index (χ1n) is 3.75. The molecule has 0 aromatic rings. The van der Waals surface area contributed by atoms with Crippen molar-refractivity contribution in [3.63, 3.8) is 0 Å². The van der Waals surface area contributed by atoms with Gasteiger partial charge in [0, 0.05) is 5.57 Å². The molecule has 0 saturated heterocycles. The third-order valence-corrected chi connectivity index (χ3v) is 2.69. The van der Waals surface area contributed by atoms with Gasteiger partial charge in [-0.05, 0) is 27.7 Å².